The van der Waals surface area contributed by atoms with E-state index in [1.54, 1.807) is 0 Å². The normalized spacial score (nSPS) is 13.4. The average molecular weight is 867 g/mol. The summed E-state index contributed by atoms with van der Waals surface area (Å²) in [6.45, 7) is 6.14. The molecule has 6 heteroatoms. The molecule has 350 valence electrons. The van der Waals surface area contributed by atoms with E-state index in [-0.39, 0.29) is 37.5 Å². The van der Waals surface area contributed by atoms with E-state index in [4.69, 9.17) is 14.2 Å². The van der Waals surface area contributed by atoms with Gasteiger partial charge in [-0.1, -0.05) is 186 Å². The number of carbonyl (C=O) groups is 3. The van der Waals surface area contributed by atoms with Crippen LogP contribution in [0.3, 0.4) is 0 Å². The van der Waals surface area contributed by atoms with Gasteiger partial charge in [0.1, 0.15) is 13.2 Å². The SMILES string of the molecule is CC\C=C/C=C\C=C/C=C\CCCCCC(=O)OCC(COC(=O)CCCCC/C=C\C/C=C\C/C=C\C/C=C\CC)OC(=O)CCCCC/C=C\C/C=C\C/C=C\C/C=C\CC. The lowest BCUT2D eigenvalue weighted by atomic mass is 10.1. The van der Waals surface area contributed by atoms with Gasteiger partial charge in [-0.05, 0) is 116 Å². The summed E-state index contributed by atoms with van der Waals surface area (Å²) in [6.07, 6.45) is 71.1. The molecule has 0 heterocycles. The molecule has 6 nitrogen and oxygen atoms in total. The molecule has 0 saturated carbocycles. The van der Waals surface area contributed by atoms with Crippen LogP contribution in [0.5, 0.6) is 0 Å². The highest BCUT2D eigenvalue weighted by Crippen LogP contribution is 2.11. The Balaban J connectivity index is 4.60. The summed E-state index contributed by atoms with van der Waals surface area (Å²) in [5.41, 5.74) is 0. The van der Waals surface area contributed by atoms with Crippen molar-refractivity contribution in [2.24, 2.45) is 0 Å². The minimum Gasteiger partial charge on any atom is -0.462 e. The van der Waals surface area contributed by atoms with Crippen LogP contribution in [0, 0.1) is 0 Å². The van der Waals surface area contributed by atoms with Gasteiger partial charge in [-0.15, -0.1) is 0 Å². The summed E-state index contributed by atoms with van der Waals surface area (Å²) in [5.74, 6) is -1.04. The Kier molecular flexibility index (Phi) is 46.2. The van der Waals surface area contributed by atoms with E-state index >= 15 is 0 Å². The Morgan fingerprint density at radius 3 is 1.05 bits per heavy atom. The monoisotopic (exact) mass is 867 g/mol. The molecule has 0 radical (unpaired) electrons. The Morgan fingerprint density at radius 1 is 0.333 bits per heavy atom. The minimum absolute atomic E-state index is 0.127. The molecule has 0 aliphatic heterocycles. The highest BCUT2D eigenvalue weighted by Gasteiger charge is 2.19. The number of ether oxygens (including phenoxy) is 3. The molecule has 0 aliphatic carbocycles. The molecular formula is C57H86O6. The zero-order valence-corrected chi connectivity index (χ0v) is 39.8. The van der Waals surface area contributed by atoms with Gasteiger partial charge in [0.2, 0.25) is 0 Å². The number of allylic oxidation sites excluding steroid dienone is 24. The van der Waals surface area contributed by atoms with Crippen LogP contribution >= 0.6 is 0 Å². The van der Waals surface area contributed by atoms with Crippen molar-refractivity contribution in [1.82, 2.24) is 0 Å². The summed E-state index contributed by atoms with van der Waals surface area (Å²) in [6, 6.07) is 0. The summed E-state index contributed by atoms with van der Waals surface area (Å²) in [7, 11) is 0. The summed E-state index contributed by atoms with van der Waals surface area (Å²) < 4.78 is 16.7. The van der Waals surface area contributed by atoms with Gasteiger partial charge in [-0.3, -0.25) is 14.4 Å². The first-order valence-electron chi connectivity index (χ1n) is 24.4. The van der Waals surface area contributed by atoms with Crippen LogP contribution in [0.2, 0.25) is 0 Å². The van der Waals surface area contributed by atoms with Crippen molar-refractivity contribution in [3.8, 4) is 0 Å². The third-order valence-corrected chi connectivity index (χ3v) is 9.41. The molecular weight excluding hydrogens is 781 g/mol. The molecule has 0 amide bonds. The van der Waals surface area contributed by atoms with Crippen LogP contribution < -0.4 is 0 Å². The molecule has 0 aromatic heterocycles. The van der Waals surface area contributed by atoms with Crippen LogP contribution in [-0.4, -0.2) is 37.2 Å². The van der Waals surface area contributed by atoms with Gasteiger partial charge >= 0.3 is 17.9 Å². The predicted molar refractivity (Wildman–Crippen MR) is 269 cm³/mol. The first kappa shape index (κ1) is 58.3. The predicted octanol–water partition coefficient (Wildman–Crippen LogP) is 16.1. The Hall–Kier alpha value is -4.71. The van der Waals surface area contributed by atoms with Crippen LogP contribution in [-0.2, 0) is 28.6 Å². The number of rotatable bonds is 41. The molecule has 63 heavy (non-hydrogen) atoms. The molecule has 0 rings (SSSR count). The fourth-order valence-electron chi connectivity index (χ4n) is 5.84. The zero-order chi connectivity index (χ0) is 45.8. The van der Waals surface area contributed by atoms with Crippen LogP contribution in [0.15, 0.2) is 146 Å². The Morgan fingerprint density at radius 2 is 0.651 bits per heavy atom. The van der Waals surface area contributed by atoms with Gasteiger partial charge in [-0.2, -0.15) is 0 Å². The van der Waals surface area contributed by atoms with E-state index in [0.29, 0.717) is 19.3 Å². The van der Waals surface area contributed by atoms with Crippen molar-refractivity contribution in [2.45, 2.75) is 181 Å². The molecule has 0 aromatic rings. The second-order valence-electron chi connectivity index (χ2n) is 15.3. The smallest absolute Gasteiger partial charge is 0.306 e. The maximum atomic E-state index is 12.8. The average Bonchev–Trinajstić information content (AvgIpc) is 3.28. The van der Waals surface area contributed by atoms with Crippen molar-refractivity contribution in [3.63, 3.8) is 0 Å². The van der Waals surface area contributed by atoms with Crippen molar-refractivity contribution >= 4 is 17.9 Å². The fourth-order valence-corrected chi connectivity index (χ4v) is 5.84. The van der Waals surface area contributed by atoms with E-state index in [9.17, 15) is 14.4 Å². The molecule has 1 atom stereocenters. The molecule has 1 unspecified atom stereocenters. The Bertz CT molecular complexity index is 1460. The summed E-state index contributed by atoms with van der Waals surface area (Å²) in [5, 5.41) is 0. The summed E-state index contributed by atoms with van der Waals surface area (Å²) >= 11 is 0. The summed E-state index contributed by atoms with van der Waals surface area (Å²) in [4.78, 5) is 37.9. The second kappa shape index (κ2) is 49.9. The zero-order valence-electron chi connectivity index (χ0n) is 39.8. The molecule has 0 saturated heterocycles. The Labute approximate surface area is 385 Å². The lowest BCUT2D eigenvalue weighted by Crippen LogP contribution is -2.30. The molecule has 0 N–H and O–H groups in total. The van der Waals surface area contributed by atoms with E-state index in [1.165, 1.54) is 0 Å². The van der Waals surface area contributed by atoms with Crippen molar-refractivity contribution in [1.29, 1.82) is 0 Å². The van der Waals surface area contributed by atoms with E-state index in [0.717, 1.165) is 128 Å². The standard InChI is InChI=1S/C57H86O6/c1-4-7-10-13-16-19-22-25-27-29-32-35-38-41-44-47-50-56(59)62-53-54(52-61-55(58)49-46-43-40-37-34-31-24-21-18-15-12-9-6-3)63-57(60)51-48-45-42-39-36-33-30-28-26-23-20-17-14-11-8-5-2/h7-12,15-21,24-28,31-36,54H,4-6,13-14,22-23,29-30,37-53H2,1-3H3/b10-7-,11-8-,12-9-,18-15-,19-16-,20-17-,24-21-,27-25-,28-26-,34-31-,35-32-,36-33-. The van der Waals surface area contributed by atoms with E-state index in [1.807, 2.05) is 36.5 Å². The van der Waals surface area contributed by atoms with Crippen LogP contribution in [0.4, 0.5) is 0 Å². The molecule has 0 bridgehead atoms. The second-order valence-corrected chi connectivity index (χ2v) is 15.3. The van der Waals surface area contributed by atoms with E-state index in [2.05, 4.69) is 130 Å². The van der Waals surface area contributed by atoms with Crippen LogP contribution in [0.25, 0.3) is 0 Å². The number of hydrogen-bond acceptors (Lipinski definition) is 6. The third-order valence-electron chi connectivity index (χ3n) is 9.41. The lowest BCUT2D eigenvalue weighted by molar-refractivity contribution is -0.167. The minimum atomic E-state index is -0.830. The van der Waals surface area contributed by atoms with Gasteiger partial charge in [0.05, 0.1) is 0 Å². The highest BCUT2D eigenvalue weighted by molar-refractivity contribution is 5.71. The quantitative estimate of drug-likeness (QED) is 0.0200. The fraction of sp³-hybridized carbons (Fsp3) is 0.526. The lowest BCUT2D eigenvalue weighted by Gasteiger charge is -2.18. The first-order valence-corrected chi connectivity index (χ1v) is 24.4. The van der Waals surface area contributed by atoms with Gasteiger partial charge < -0.3 is 14.2 Å². The van der Waals surface area contributed by atoms with Gasteiger partial charge in [0, 0.05) is 19.3 Å². The maximum Gasteiger partial charge on any atom is 0.306 e. The van der Waals surface area contributed by atoms with Gasteiger partial charge in [0.15, 0.2) is 6.10 Å². The third kappa shape index (κ3) is 48.2. The molecule has 0 aromatic carbocycles. The first-order chi connectivity index (χ1) is 31.0. The molecule has 0 fully saturated rings. The topological polar surface area (TPSA) is 78.9 Å². The number of hydrogen-bond donors (Lipinski definition) is 0. The maximum absolute atomic E-state index is 12.8. The van der Waals surface area contributed by atoms with Gasteiger partial charge in [-0.25, -0.2) is 0 Å². The van der Waals surface area contributed by atoms with Crippen LogP contribution in [0.1, 0.15) is 175 Å². The van der Waals surface area contributed by atoms with E-state index < -0.39 is 6.10 Å². The van der Waals surface area contributed by atoms with Crippen molar-refractivity contribution in [2.75, 3.05) is 13.2 Å². The largest absolute Gasteiger partial charge is 0.462 e. The highest BCUT2D eigenvalue weighted by atomic mass is 16.6. The molecule has 0 aliphatic rings. The number of esters is 3. The van der Waals surface area contributed by atoms with Gasteiger partial charge in [0.25, 0.3) is 0 Å². The van der Waals surface area contributed by atoms with Crippen molar-refractivity contribution < 1.29 is 28.6 Å². The molecule has 0 spiro atoms. The van der Waals surface area contributed by atoms with Crippen molar-refractivity contribution in [3.05, 3.63) is 146 Å². The number of carbonyl (C=O) groups excluding carboxylic acids is 3. The number of unbranched alkanes of at least 4 members (excludes halogenated alkanes) is 9.